The average molecular weight is 301 g/mol. The van der Waals surface area contributed by atoms with Crippen molar-refractivity contribution in [1.82, 2.24) is 5.32 Å². The standard InChI is InChI=1S/C12H17BrN2O2/c1-7(2)10(14)6-15-12(17)9-4-3-8(13)5-11(9)16/h3-5,7,10,16H,6,14H2,1-2H3,(H,15,17). The summed E-state index contributed by atoms with van der Waals surface area (Å²) in [4.78, 5) is 11.8. The summed E-state index contributed by atoms with van der Waals surface area (Å²) in [7, 11) is 0. The fourth-order valence-corrected chi connectivity index (χ4v) is 1.59. The summed E-state index contributed by atoms with van der Waals surface area (Å²) in [6.07, 6.45) is 0. The molecule has 5 heteroatoms. The van der Waals surface area contributed by atoms with E-state index in [0.29, 0.717) is 12.5 Å². The zero-order valence-corrected chi connectivity index (χ0v) is 11.5. The highest BCUT2D eigenvalue weighted by Gasteiger charge is 2.13. The van der Waals surface area contributed by atoms with E-state index < -0.39 is 0 Å². The Kier molecular flexibility index (Phi) is 4.96. The van der Waals surface area contributed by atoms with Crippen molar-refractivity contribution in [3.8, 4) is 5.75 Å². The Balaban J connectivity index is 2.64. The number of nitrogens with two attached hydrogens (primary N) is 1. The van der Waals surface area contributed by atoms with Crippen LogP contribution in [0.2, 0.25) is 0 Å². The molecule has 1 unspecified atom stereocenters. The number of phenols is 1. The van der Waals surface area contributed by atoms with E-state index in [9.17, 15) is 9.90 Å². The number of carbonyl (C=O) groups excluding carboxylic acids is 1. The fraction of sp³-hybridized carbons (Fsp3) is 0.417. The summed E-state index contributed by atoms with van der Waals surface area (Å²) in [6.45, 7) is 4.38. The van der Waals surface area contributed by atoms with Gasteiger partial charge in [0.1, 0.15) is 5.75 Å². The van der Waals surface area contributed by atoms with Crippen LogP contribution in [0.4, 0.5) is 0 Å². The first-order chi connectivity index (χ1) is 7.91. The minimum atomic E-state index is -0.314. The number of benzene rings is 1. The monoisotopic (exact) mass is 300 g/mol. The second kappa shape index (κ2) is 6.02. The van der Waals surface area contributed by atoms with E-state index >= 15 is 0 Å². The molecule has 0 aliphatic heterocycles. The first kappa shape index (κ1) is 14.0. The largest absolute Gasteiger partial charge is 0.507 e. The van der Waals surface area contributed by atoms with Crippen LogP contribution >= 0.6 is 15.9 Å². The van der Waals surface area contributed by atoms with Gasteiger partial charge in [0.05, 0.1) is 5.56 Å². The molecule has 1 atom stereocenters. The number of hydrogen-bond donors (Lipinski definition) is 3. The number of amides is 1. The maximum atomic E-state index is 11.8. The first-order valence-corrected chi connectivity index (χ1v) is 6.23. The lowest BCUT2D eigenvalue weighted by molar-refractivity contribution is 0.0946. The summed E-state index contributed by atoms with van der Waals surface area (Å²) in [5.41, 5.74) is 6.07. The molecule has 4 N–H and O–H groups in total. The molecule has 1 amide bonds. The summed E-state index contributed by atoms with van der Waals surface area (Å²) in [5.74, 6) is -0.0603. The minimum absolute atomic E-state index is 0.0463. The Bertz CT molecular complexity index is 407. The molecule has 17 heavy (non-hydrogen) atoms. The lowest BCUT2D eigenvalue weighted by Crippen LogP contribution is -2.40. The fourth-order valence-electron chi connectivity index (χ4n) is 1.24. The summed E-state index contributed by atoms with van der Waals surface area (Å²) in [5, 5.41) is 12.3. The molecule has 94 valence electrons. The molecular formula is C12H17BrN2O2. The highest BCUT2D eigenvalue weighted by molar-refractivity contribution is 9.10. The Hall–Kier alpha value is -1.07. The van der Waals surface area contributed by atoms with Crippen molar-refractivity contribution in [2.45, 2.75) is 19.9 Å². The molecule has 0 radical (unpaired) electrons. The molecule has 0 aliphatic carbocycles. The molecule has 0 heterocycles. The van der Waals surface area contributed by atoms with E-state index in [1.807, 2.05) is 13.8 Å². The van der Waals surface area contributed by atoms with Crippen LogP contribution in [0.1, 0.15) is 24.2 Å². The SMILES string of the molecule is CC(C)C(N)CNC(=O)c1ccc(Br)cc1O. The van der Waals surface area contributed by atoms with Gasteiger partial charge < -0.3 is 16.2 Å². The van der Waals surface area contributed by atoms with E-state index in [1.54, 1.807) is 12.1 Å². The van der Waals surface area contributed by atoms with Crippen LogP contribution < -0.4 is 11.1 Å². The van der Waals surface area contributed by atoms with E-state index in [0.717, 1.165) is 4.47 Å². The van der Waals surface area contributed by atoms with Crippen molar-refractivity contribution < 1.29 is 9.90 Å². The second-order valence-corrected chi connectivity index (χ2v) is 5.20. The number of aromatic hydroxyl groups is 1. The zero-order valence-electron chi connectivity index (χ0n) is 9.90. The highest BCUT2D eigenvalue weighted by atomic mass is 79.9. The Morgan fingerprint density at radius 1 is 1.53 bits per heavy atom. The third-order valence-corrected chi connectivity index (χ3v) is 3.05. The van der Waals surface area contributed by atoms with Crippen LogP contribution in [0.15, 0.2) is 22.7 Å². The van der Waals surface area contributed by atoms with E-state index in [1.165, 1.54) is 6.07 Å². The topological polar surface area (TPSA) is 75.3 Å². The van der Waals surface area contributed by atoms with Gasteiger partial charge in [0.2, 0.25) is 0 Å². The van der Waals surface area contributed by atoms with Crippen LogP contribution in [0.3, 0.4) is 0 Å². The van der Waals surface area contributed by atoms with Crippen molar-refractivity contribution >= 4 is 21.8 Å². The van der Waals surface area contributed by atoms with Gasteiger partial charge in [-0.05, 0) is 24.1 Å². The van der Waals surface area contributed by atoms with Crippen LogP contribution in [0.5, 0.6) is 5.75 Å². The molecule has 0 saturated heterocycles. The summed E-state index contributed by atoms with van der Waals surface area (Å²) in [6, 6.07) is 4.67. The quantitative estimate of drug-likeness (QED) is 0.794. The van der Waals surface area contributed by atoms with Crippen LogP contribution in [0, 0.1) is 5.92 Å². The molecule has 0 fully saturated rings. The van der Waals surface area contributed by atoms with Gasteiger partial charge in [-0.3, -0.25) is 4.79 Å². The molecule has 4 nitrogen and oxygen atoms in total. The first-order valence-electron chi connectivity index (χ1n) is 5.44. The van der Waals surface area contributed by atoms with Crippen molar-refractivity contribution in [2.24, 2.45) is 11.7 Å². The van der Waals surface area contributed by atoms with Gasteiger partial charge in [-0.25, -0.2) is 0 Å². The number of phenolic OH excluding ortho intramolecular Hbond substituents is 1. The van der Waals surface area contributed by atoms with Crippen molar-refractivity contribution in [2.75, 3.05) is 6.54 Å². The Labute approximate surface area is 109 Å². The summed E-state index contributed by atoms with van der Waals surface area (Å²) >= 11 is 3.21. The third kappa shape index (κ3) is 4.02. The maximum absolute atomic E-state index is 11.8. The molecule has 0 saturated carbocycles. The Morgan fingerprint density at radius 3 is 2.71 bits per heavy atom. The number of halogens is 1. The van der Waals surface area contributed by atoms with Gasteiger partial charge in [-0.1, -0.05) is 29.8 Å². The normalized spacial score (nSPS) is 12.5. The molecular weight excluding hydrogens is 284 g/mol. The molecule has 0 aromatic heterocycles. The van der Waals surface area contributed by atoms with Crippen molar-refractivity contribution in [1.29, 1.82) is 0 Å². The minimum Gasteiger partial charge on any atom is -0.507 e. The lowest BCUT2D eigenvalue weighted by atomic mass is 10.1. The third-order valence-electron chi connectivity index (χ3n) is 2.56. The molecule has 1 aromatic rings. The number of rotatable bonds is 4. The van der Waals surface area contributed by atoms with E-state index in [4.69, 9.17) is 5.73 Å². The molecule has 0 aliphatic rings. The van der Waals surface area contributed by atoms with Crippen LogP contribution in [-0.4, -0.2) is 23.6 Å². The second-order valence-electron chi connectivity index (χ2n) is 4.28. The average Bonchev–Trinajstić information content (AvgIpc) is 2.25. The highest BCUT2D eigenvalue weighted by Crippen LogP contribution is 2.22. The van der Waals surface area contributed by atoms with Crippen LogP contribution in [0.25, 0.3) is 0 Å². The van der Waals surface area contributed by atoms with Gasteiger partial charge >= 0.3 is 0 Å². The van der Waals surface area contributed by atoms with Gasteiger partial charge in [0, 0.05) is 17.1 Å². The number of nitrogens with one attached hydrogen (secondary N) is 1. The lowest BCUT2D eigenvalue weighted by Gasteiger charge is -2.16. The predicted molar refractivity (Wildman–Crippen MR) is 71.0 cm³/mol. The van der Waals surface area contributed by atoms with E-state index in [-0.39, 0.29) is 23.3 Å². The molecule has 1 rings (SSSR count). The van der Waals surface area contributed by atoms with Gasteiger partial charge in [0.25, 0.3) is 5.91 Å². The van der Waals surface area contributed by atoms with Crippen molar-refractivity contribution in [3.63, 3.8) is 0 Å². The maximum Gasteiger partial charge on any atom is 0.255 e. The summed E-state index contributed by atoms with van der Waals surface area (Å²) < 4.78 is 0.727. The van der Waals surface area contributed by atoms with Crippen LogP contribution in [-0.2, 0) is 0 Å². The molecule has 1 aromatic carbocycles. The van der Waals surface area contributed by atoms with Crippen molar-refractivity contribution in [3.05, 3.63) is 28.2 Å². The molecule has 0 bridgehead atoms. The number of carbonyl (C=O) groups is 1. The van der Waals surface area contributed by atoms with Gasteiger partial charge in [-0.2, -0.15) is 0 Å². The van der Waals surface area contributed by atoms with Gasteiger partial charge in [0.15, 0.2) is 0 Å². The Morgan fingerprint density at radius 2 is 2.18 bits per heavy atom. The van der Waals surface area contributed by atoms with E-state index in [2.05, 4.69) is 21.2 Å². The number of hydrogen-bond acceptors (Lipinski definition) is 3. The zero-order chi connectivity index (χ0) is 13.0. The smallest absolute Gasteiger partial charge is 0.255 e. The predicted octanol–water partition coefficient (Wildman–Crippen LogP) is 1.87. The van der Waals surface area contributed by atoms with Gasteiger partial charge in [-0.15, -0.1) is 0 Å². The molecule has 0 spiro atoms.